The first-order valence-corrected chi connectivity index (χ1v) is 7.49. The van der Waals surface area contributed by atoms with Crippen molar-refractivity contribution in [1.82, 2.24) is 4.98 Å². The van der Waals surface area contributed by atoms with Crippen LogP contribution in [0.15, 0.2) is 54.6 Å². The van der Waals surface area contributed by atoms with E-state index in [0.717, 1.165) is 27.9 Å². The van der Waals surface area contributed by atoms with Crippen LogP contribution in [0.3, 0.4) is 0 Å². The topological polar surface area (TPSA) is 22.1 Å². The quantitative estimate of drug-likeness (QED) is 0.616. The number of hydrogen-bond donors (Lipinski definition) is 0. The van der Waals surface area contributed by atoms with Crippen molar-refractivity contribution in [2.75, 3.05) is 0 Å². The smallest absolute Gasteiger partial charge is 0.130 e. The Balaban J connectivity index is 1.80. The fraction of sp³-hybridized carbons (Fsp3) is 0.118. The summed E-state index contributed by atoms with van der Waals surface area (Å²) >= 11 is 11.9. The van der Waals surface area contributed by atoms with E-state index >= 15 is 0 Å². The Morgan fingerprint density at radius 1 is 1.00 bits per heavy atom. The maximum Gasteiger partial charge on any atom is 0.130 e. The van der Waals surface area contributed by atoms with Crippen LogP contribution in [0, 0.1) is 0 Å². The van der Waals surface area contributed by atoms with Gasteiger partial charge in [-0.25, -0.2) is 4.98 Å². The number of nitrogens with zero attached hydrogens (tertiary/aromatic N) is 1. The first-order valence-electron chi connectivity index (χ1n) is 6.58. The van der Waals surface area contributed by atoms with Gasteiger partial charge < -0.3 is 4.74 Å². The van der Waals surface area contributed by atoms with Gasteiger partial charge in [-0.3, -0.25) is 0 Å². The first-order chi connectivity index (χ1) is 10.3. The molecule has 3 rings (SSSR count). The number of fused-ring (bicyclic) bond motifs is 1. The molecule has 0 bridgehead atoms. The Morgan fingerprint density at radius 3 is 2.71 bits per heavy atom. The summed E-state index contributed by atoms with van der Waals surface area (Å²) in [7, 11) is 0. The van der Waals surface area contributed by atoms with Gasteiger partial charge in [0.1, 0.15) is 12.4 Å². The number of aromatic nitrogens is 1. The lowest BCUT2D eigenvalue weighted by Crippen LogP contribution is -2.00. The summed E-state index contributed by atoms with van der Waals surface area (Å²) in [6, 6.07) is 17.5. The van der Waals surface area contributed by atoms with Gasteiger partial charge in [-0.1, -0.05) is 35.9 Å². The van der Waals surface area contributed by atoms with E-state index in [0.29, 0.717) is 17.5 Å². The SMILES string of the molecule is ClCc1cc(Cl)ccc1OCc1ccc2ccccc2n1. The molecule has 106 valence electrons. The molecule has 0 aliphatic heterocycles. The van der Waals surface area contributed by atoms with Crippen molar-refractivity contribution in [2.24, 2.45) is 0 Å². The highest BCUT2D eigenvalue weighted by molar-refractivity contribution is 6.30. The number of pyridine rings is 1. The highest BCUT2D eigenvalue weighted by Gasteiger charge is 2.05. The minimum atomic E-state index is 0.362. The molecule has 3 aromatic rings. The lowest BCUT2D eigenvalue weighted by atomic mass is 10.2. The molecule has 0 aliphatic carbocycles. The van der Waals surface area contributed by atoms with E-state index < -0.39 is 0 Å². The van der Waals surface area contributed by atoms with Crippen LogP contribution in [0.1, 0.15) is 11.3 Å². The summed E-state index contributed by atoms with van der Waals surface area (Å²) in [5.41, 5.74) is 2.72. The van der Waals surface area contributed by atoms with Crippen LogP contribution in [0.4, 0.5) is 0 Å². The molecule has 0 unspecified atom stereocenters. The molecule has 1 aromatic heterocycles. The molecule has 2 aromatic carbocycles. The highest BCUT2D eigenvalue weighted by Crippen LogP contribution is 2.25. The van der Waals surface area contributed by atoms with Crippen LogP contribution in [0.25, 0.3) is 10.9 Å². The van der Waals surface area contributed by atoms with Crippen LogP contribution in [0.5, 0.6) is 5.75 Å². The van der Waals surface area contributed by atoms with E-state index in [-0.39, 0.29) is 0 Å². The molecule has 1 heterocycles. The maximum absolute atomic E-state index is 5.95. The van der Waals surface area contributed by atoms with Gasteiger partial charge >= 0.3 is 0 Å². The molecule has 4 heteroatoms. The Labute approximate surface area is 133 Å². The average molecular weight is 318 g/mol. The second-order valence-electron chi connectivity index (χ2n) is 4.67. The zero-order chi connectivity index (χ0) is 14.7. The van der Waals surface area contributed by atoms with Gasteiger partial charge in [0.2, 0.25) is 0 Å². The molecular formula is C17H13Cl2NO. The number of rotatable bonds is 4. The molecule has 0 fully saturated rings. The van der Waals surface area contributed by atoms with Crippen LogP contribution >= 0.6 is 23.2 Å². The second-order valence-corrected chi connectivity index (χ2v) is 5.37. The molecule has 0 radical (unpaired) electrons. The van der Waals surface area contributed by atoms with E-state index in [1.165, 1.54) is 0 Å². The van der Waals surface area contributed by atoms with Crippen molar-refractivity contribution in [3.63, 3.8) is 0 Å². The maximum atomic E-state index is 5.95. The summed E-state index contributed by atoms with van der Waals surface area (Å²) < 4.78 is 5.81. The molecule has 0 amide bonds. The first kappa shape index (κ1) is 14.2. The summed E-state index contributed by atoms with van der Waals surface area (Å²) in [5, 5.41) is 1.77. The number of hydrogen-bond acceptors (Lipinski definition) is 2. The largest absolute Gasteiger partial charge is 0.487 e. The van der Waals surface area contributed by atoms with Crippen LogP contribution in [-0.2, 0) is 12.5 Å². The molecule has 0 aliphatic rings. The third-order valence-electron chi connectivity index (χ3n) is 3.20. The molecular weight excluding hydrogens is 305 g/mol. The summed E-state index contributed by atoms with van der Waals surface area (Å²) in [4.78, 5) is 4.58. The zero-order valence-corrected chi connectivity index (χ0v) is 12.7. The van der Waals surface area contributed by atoms with Gasteiger partial charge in [0.15, 0.2) is 0 Å². The number of benzene rings is 2. The van der Waals surface area contributed by atoms with Crippen molar-refractivity contribution >= 4 is 34.1 Å². The second kappa shape index (κ2) is 6.33. The van der Waals surface area contributed by atoms with Gasteiger partial charge in [0, 0.05) is 16.0 Å². The van der Waals surface area contributed by atoms with E-state index in [9.17, 15) is 0 Å². The zero-order valence-electron chi connectivity index (χ0n) is 11.2. The number of ether oxygens (including phenoxy) is 1. The molecule has 2 nitrogen and oxygen atoms in total. The Hall–Kier alpha value is -1.77. The fourth-order valence-corrected chi connectivity index (χ4v) is 2.54. The fourth-order valence-electron chi connectivity index (χ4n) is 2.13. The van der Waals surface area contributed by atoms with Gasteiger partial charge in [-0.05, 0) is 30.3 Å². The lowest BCUT2D eigenvalue weighted by molar-refractivity contribution is 0.299. The van der Waals surface area contributed by atoms with Crippen LogP contribution in [-0.4, -0.2) is 4.98 Å². The molecule has 0 saturated heterocycles. The van der Waals surface area contributed by atoms with Gasteiger partial charge in [0.25, 0.3) is 0 Å². The third-order valence-corrected chi connectivity index (χ3v) is 3.72. The lowest BCUT2D eigenvalue weighted by Gasteiger charge is -2.10. The van der Waals surface area contributed by atoms with E-state index in [4.69, 9.17) is 27.9 Å². The Kier molecular flexibility index (Phi) is 4.28. The summed E-state index contributed by atoms with van der Waals surface area (Å²) in [6.45, 7) is 0.399. The molecule has 0 saturated carbocycles. The van der Waals surface area contributed by atoms with Crippen molar-refractivity contribution in [3.05, 3.63) is 70.9 Å². The van der Waals surface area contributed by atoms with Crippen LogP contribution in [0.2, 0.25) is 5.02 Å². The van der Waals surface area contributed by atoms with Crippen molar-refractivity contribution in [3.8, 4) is 5.75 Å². The number of halogens is 2. The third kappa shape index (κ3) is 3.29. The van der Waals surface area contributed by atoms with E-state index in [1.54, 1.807) is 6.07 Å². The molecule has 0 spiro atoms. The summed E-state index contributed by atoms with van der Waals surface area (Å²) in [6.07, 6.45) is 0. The van der Waals surface area contributed by atoms with Crippen molar-refractivity contribution < 1.29 is 4.74 Å². The predicted molar refractivity (Wildman–Crippen MR) is 87.1 cm³/mol. The predicted octanol–water partition coefficient (Wildman–Crippen LogP) is 5.21. The van der Waals surface area contributed by atoms with Gasteiger partial charge in [-0.2, -0.15) is 0 Å². The minimum absolute atomic E-state index is 0.362. The number of para-hydroxylation sites is 1. The average Bonchev–Trinajstić information content (AvgIpc) is 2.53. The molecule has 0 atom stereocenters. The number of alkyl halides is 1. The Bertz CT molecular complexity index is 774. The van der Waals surface area contributed by atoms with E-state index in [2.05, 4.69) is 4.98 Å². The molecule has 0 N–H and O–H groups in total. The van der Waals surface area contributed by atoms with Gasteiger partial charge in [-0.15, -0.1) is 11.6 Å². The van der Waals surface area contributed by atoms with Crippen LogP contribution < -0.4 is 4.74 Å². The van der Waals surface area contributed by atoms with E-state index in [1.807, 2.05) is 48.5 Å². The molecule has 21 heavy (non-hydrogen) atoms. The minimum Gasteiger partial charge on any atom is -0.487 e. The van der Waals surface area contributed by atoms with Crippen molar-refractivity contribution in [1.29, 1.82) is 0 Å². The Morgan fingerprint density at radius 2 is 1.86 bits per heavy atom. The van der Waals surface area contributed by atoms with Gasteiger partial charge in [0.05, 0.1) is 17.1 Å². The standard InChI is InChI=1S/C17H13Cl2NO/c18-10-13-9-14(19)6-8-17(13)21-11-15-7-5-12-3-1-2-4-16(12)20-15/h1-9H,10-11H2. The summed E-state index contributed by atoms with van der Waals surface area (Å²) in [5.74, 6) is 1.10. The van der Waals surface area contributed by atoms with Crippen molar-refractivity contribution in [2.45, 2.75) is 12.5 Å². The normalized spacial score (nSPS) is 10.8. The monoisotopic (exact) mass is 317 g/mol. The highest BCUT2D eigenvalue weighted by atomic mass is 35.5.